The van der Waals surface area contributed by atoms with E-state index in [1.165, 1.54) is 4.90 Å². The zero-order valence-electron chi connectivity index (χ0n) is 17.4. The Balaban J connectivity index is 1.66. The molecule has 5 heteroatoms. The molecule has 2 aromatic carbocycles. The van der Waals surface area contributed by atoms with E-state index < -0.39 is 0 Å². The Morgan fingerprint density at radius 2 is 1.73 bits per heavy atom. The number of aliphatic hydroxyl groups excluding tert-OH is 1. The lowest BCUT2D eigenvalue weighted by atomic mass is 9.96. The highest BCUT2D eigenvalue weighted by atomic mass is 16.3. The van der Waals surface area contributed by atoms with Crippen LogP contribution < -0.4 is 0 Å². The van der Waals surface area contributed by atoms with Crippen LogP contribution >= 0.6 is 0 Å². The number of nitrogens with zero attached hydrogens (tertiary/aromatic N) is 2. The normalized spacial score (nSPS) is 19.7. The van der Waals surface area contributed by atoms with Crippen molar-refractivity contribution in [1.29, 1.82) is 0 Å². The van der Waals surface area contributed by atoms with Crippen LogP contribution in [0.4, 0.5) is 0 Å². The maximum absolute atomic E-state index is 13.4. The fraction of sp³-hybridized carbons (Fsp3) is 0.360. The number of carbonyl (C=O) groups excluding carboxylic acids is 2. The van der Waals surface area contributed by atoms with Crippen LogP contribution in [-0.2, 0) is 16.0 Å². The van der Waals surface area contributed by atoms with Gasteiger partial charge < -0.3 is 10.0 Å². The molecule has 0 radical (unpaired) electrons. The topological polar surface area (TPSA) is 60.9 Å². The Labute approximate surface area is 177 Å². The minimum atomic E-state index is -0.221. The van der Waals surface area contributed by atoms with E-state index in [-0.39, 0.29) is 24.3 Å². The smallest absolute Gasteiger partial charge is 0.277 e. The summed E-state index contributed by atoms with van der Waals surface area (Å²) in [5.74, 6) is -0.308. The standard InChI is InChI=1S/C25H28N2O3/c1-18-9-11-21(12-10-18)22-23(26-14-5-8-20(16-26)17-28)25(30)27(24(22)29)15-13-19-6-3-2-4-7-19/h2-4,6-7,9-12,20,28H,5,8,13-17H2,1H3. The summed E-state index contributed by atoms with van der Waals surface area (Å²) in [5.41, 5.74) is 3.97. The molecule has 1 N–H and O–H groups in total. The number of hydrogen-bond acceptors (Lipinski definition) is 4. The van der Waals surface area contributed by atoms with Gasteiger partial charge in [0.15, 0.2) is 0 Å². The molecule has 2 heterocycles. The molecule has 5 nitrogen and oxygen atoms in total. The third-order valence-corrected chi connectivity index (χ3v) is 6.04. The second-order valence-corrected chi connectivity index (χ2v) is 8.22. The van der Waals surface area contributed by atoms with E-state index in [0.29, 0.717) is 30.8 Å². The molecule has 1 saturated heterocycles. The van der Waals surface area contributed by atoms with E-state index in [4.69, 9.17) is 0 Å². The van der Waals surface area contributed by atoms with Gasteiger partial charge in [0.2, 0.25) is 0 Å². The van der Waals surface area contributed by atoms with Crippen molar-refractivity contribution in [2.75, 3.05) is 26.2 Å². The van der Waals surface area contributed by atoms with Gasteiger partial charge in [0, 0.05) is 26.2 Å². The first-order valence-corrected chi connectivity index (χ1v) is 10.7. The van der Waals surface area contributed by atoms with E-state index >= 15 is 0 Å². The number of piperidine rings is 1. The predicted molar refractivity (Wildman–Crippen MR) is 116 cm³/mol. The Kier molecular flexibility index (Phi) is 6.00. The van der Waals surface area contributed by atoms with Gasteiger partial charge in [-0.05, 0) is 43.2 Å². The average molecular weight is 405 g/mol. The first-order valence-electron chi connectivity index (χ1n) is 10.7. The molecule has 1 fully saturated rings. The summed E-state index contributed by atoms with van der Waals surface area (Å²) in [4.78, 5) is 30.2. The molecule has 0 bridgehead atoms. The number of benzene rings is 2. The number of likely N-dealkylation sites (tertiary alicyclic amines) is 1. The molecular weight excluding hydrogens is 376 g/mol. The number of rotatable bonds is 6. The summed E-state index contributed by atoms with van der Waals surface area (Å²) >= 11 is 0. The maximum Gasteiger partial charge on any atom is 0.277 e. The van der Waals surface area contributed by atoms with Crippen molar-refractivity contribution in [2.24, 2.45) is 5.92 Å². The third kappa shape index (κ3) is 4.03. The molecule has 156 valence electrons. The quantitative estimate of drug-likeness (QED) is 0.752. The minimum absolute atomic E-state index is 0.101. The van der Waals surface area contributed by atoms with Crippen LogP contribution in [0.1, 0.15) is 29.5 Å². The number of carbonyl (C=O) groups is 2. The van der Waals surface area contributed by atoms with E-state index in [9.17, 15) is 14.7 Å². The Bertz CT molecular complexity index is 950. The molecule has 2 aliphatic heterocycles. The molecular formula is C25H28N2O3. The highest BCUT2D eigenvalue weighted by Crippen LogP contribution is 2.34. The second-order valence-electron chi connectivity index (χ2n) is 8.22. The monoisotopic (exact) mass is 404 g/mol. The van der Waals surface area contributed by atoms with Crippen molar-refractivity contribution in [3.8, 4) is 0 Å². The fourth-order valence-corrected chi connectivity index (χ4v) is 4.34. The van der Waals surface area contributed by atoms with Gasteiger partial charge in [0.25, 0.3) is 11.8 Å². The number of aryl methyl sites for hydroxylation is 1. The SMILES string of the molecule is Cc1ccc(C2=C(N3CCCC(CO)C3)C(=O)N(CCc3ccccc3)C2=O)cc1. The number of hydrogen-bond donors (Lipinski definition) is 1. The van der Waals surface area contributed by atoms with Crippen molar-refractivity contribution in [3.05, 3.63) is 77.0 Å². The zero-order chi connectivity index (χ0) is 21.1. The molecule has 4 rings (SSSR count). The summed E-state index contributed by atoms with van der Waals surface area (Å²) in [7, 11) is 0. The first-order chi connectivity index (χ1) is 14.6. The largest absolute Gasteiger partial charge is 0.396 e. The van der Waals surface area contributed by atoms with Gasteiger partial charge >= 0.3 is 0 Å². The Hall–Kier alpha value is -2.92. The van der Waals surface area contributed by atoms with Gasteiger partial charge in [-0.15, -0.1) is 0 Å². The second kappa shape index (κ2) is 8.84. The third-order valence-electron chi connectivity index (χ3n) is 6.04. The van der Waals surface area contributed by atoms with Crippen molar-refractivity contribution in [2.45, 2.75) is 26.2 Å². The highest BCUT2D eigenvalue weighted by molar-refractivity contribution is 6.35. The Morgan fingerprint density at radius 3 is 2.43 bits per heavy atom. The summed E-state index contributed by atoms with van der Waals surface area (Å²) < 4.78 is 0. The average Bonchev–Trinajstić information content (AvgIpc) is 3.03. The van der Waals surface area contributed by atoms with Crippen LogP contribution in [-0.4, -0.2) is 53.0 Å². The molecule has 0 saturated carbocycles. The molecule has 0 aliphatic carbocycles. The zero-order valence-corrected chi connectivity index (χ0v) is 17.4. The maximum atomic E-state index is 13.4. The molecule has 0 spiro atoms. The lowest BCUT2D eigenvalue weighted by molar-refractivity contribution is -0.137. The van der Waals surface area contributed by atoms with Crippen LogP contribution in [0.5, 0.6) is 0 Å². The van der Waals surface area contributed by atoms with Crippen molar-refractivity contribution in [1.82, 2.24) is 9.80 Å². The van der Waals surface area contributed by atoms with Gasteiger partial charge in [-0.3, -0.25) is 14.5 Å². The van der Waals surface area contributed by atoms with Crippen LogP contribution in [0.3, 0.4) is 0 Å². The minimum Gasteiger partial charge on any atom is -0.396 e. The Morgan fingerprint density at radius 1 is 1.00 bits per heavy atom. The molecule has 30 heavy (non-hydrogen) atoms. The van der Waals surface area contributed by atoms with Gasteiger partial charge in [-0.25, -0.2) is 0 Å². The van der Waals surface area contributed by atoms with Crippen LogP contribution in [0.2, 0.25) is 0 Å². The number of amides is 2. The first kappa shape index (κ1) is 20.4. The van der Waals surface area contributed by atoms with Gasteiger partial charge in [-0.2, -0.15) is 0 Å². The molecule has 2 aliphatic rings. The van der Waals surface area contributed by atoms with Gasteiger partial charge in [0.1, 0.15) is 5.70 Å². The predicted octanol–water partition coefficient (Wildman–Crippen LogP) is 3.02. The van der Waals surface area contributed by atoms with Gasteiger partial charge in [0.05, 0.1) is 5.57 Å². The molecule has 2 amide bonds. The summed E-state index contributed by atoms with van der Waals surface area (Å²) in [6, 6.07) is 17.7. The van der Waals surface area contributed by atoms with E-state index in [2.05, 4.69) is 0 Å². The molecule has 1 atom stereocenters. The van der Waals surface area contributed by atoms with Crippen molar-refractivity contribution >= 4 is 17.4 Å². The van der Waals surface area contributed by atoms with Crippen LogP contribution in [0.15, 0.2) is 60.3 Å². The van der Waals surface area contributed by atoms with E-state index in [1.807, 2.05) is 66.4 Å². The van der Waals surface area contributed by atoms with Gasteiger partial charge in [-0.1, -0.05) is 60.2 Å². The fourth-order valence-electron chi connectivity index (χ4n) is 4.34. The lowest BCUT2D eigenvalue weighted by Gasteiger charge is -2.34. The number of aliphatic hydroxyl groups is 1. The van der Waals surface area contributed by atoms with Crippen LogP contribution in [0, 0.1) is 12.8 Å². The van der Waals surface area contributed by atoms with Crippen molar-refractivity contribution < 1.29 is 14.7 Å². The van der Waals surface area contributed by atoms with Crippen molar-refractivity contribution in [3.63, 3.8) is 0 Å². The molecule has 2 aromatic rings. The van der Waals surface area contributed by atoms with E-state index in [0.717, 1.165) is 36.1 Å². The highest BCUT2D eigenvalue weighted by Gasteiger charge is 2.42. The van der Waals surface area contributed by atoms with E-state index in [1.54, 1.807) is 0 Å². The van der Waals surface area contributed by atoms with Crippen LogP contribution in [0.25, 0.3) is 5.57 Å². The lowest BCUT2D eigenvalue weighted by Crippen LogP contribution is -2.41. The summed E-state index contributed by atoms with van der Waals surface area (Å²) in [6.45, 7) is 3.80. The summed E-state index contributed by atoms with van der Waals surface area (Å²) in [5, 5.41) is 9.64. The molecule has 0 aromatic heterocycles. The number of imide groups is 1. The summed E-state index contributed by atoms with van der Waals surface area (Å²) in [6.07, 6.45) is 2.48. The molecule has 1 unspecified atom stereocenters.